The number of ether oxygens (including phenoxy) is 1. The van der Waals surface area contributed by atoms with Crippen molar-refractivity contribution < 1.29 is 14.1 Å². The van der Waals surface area contributed by atoms with Gasteiger partial charge in [-0.2, -0.15) is 0 Å². The maximum absolute atomic E-state index is 13.1. The number of rotatable bonds is 6. The lowest BCUT2D eigenvalue weighted by Gasteiger charge is -2.56. The number of carbonyl (C=O) groups excluding carboxylic acids is 1. The van der Waals surface area contributed by atoms with E-state index in [9.17, 15) is 4.79 Å². The van der Waals surface area contributed by atoms with Crippen LogP contribution in [-0.2, 0) is 17.8 Å². The molecule has 0 atom stereocenters. The lowest BCUT2D eigenvalue weighted by atomic mass is 9.54. The number of aromatic nitrogens is 1. The Hall–Kier alpha value is -2.30. The van der Waals surface area contributed by atoms with Crippen LogP contribution in [-0.4, -0.2) is 29.1 Å². The van der Waals surface area contributed by atoms with Crippen LogP contribution < -0.4 is 4.74 Å². The Labute approximate surface area is 178 Å². The number of hydrogen-bond acceptors (Lipinski definition) is 4. The highest BCUT2D eigenvalue weighted by Crippen LogP contribution is 2.55. The molecule has 6 rings (SSSR count). The minimum absolute atomic E-state index is 0.247. The van der Waals surface area contributed by atoms with Gasteiger partial charge in [-0.3, -0.25) is 4.79 Å². The zero-order valence-corrected chi connectivity index (χ0v) is 18.3. The Kier molecular flexibility index (Phi) is 5.08. The summed E-state index contributed by atoms with van der Waals surface area (Å²) in [7, 11) is 2.04. The topological polar surface area (TPSA) is 55.6 Å². The first-order valence-electron chi connectivity index (χ1n) is 11.4. The molecule has 5 nitrogen and oxygen atoms in total. The van der Waals surface area contributed by atoms with Crippen molar-refractivity contribution in [1.29, 1.82) is 0 Å². The molecule has 0 N–H and O–H groups in total. The molecule has 0 unspecified atom stereocenters. The number of carbonyl (C=O) groups is 1. The highest BCUT2D eigenvalue weighted by molar-refractivity contribution is 5.79. The van der Waals surface area contributed by atoms with Gasteiger partial charge in [0.2, 0.25) is 5.91 Å². The molecule has 4 aliphatic carbocycles. The van der Waals surface area contributed by atoms with Crippen molar-refractivity contribution in [2.45, 2.75) is 65.0 Å². The van der Waals surface area contributed by atoms with E-state index < -0.39 is 0 Å². The molecule has 0 aliphatic heterocycles. The average Bonchev–Trinajstić information content (AvgIpc) is 3.04. The van der Waals surface area contributed by atoms with Gasteiger partial charge in [-0.05, 0) is 87.3 Å². The molecule has 2 aromatic rings. The van der Waals surface area contributed by atoms with E-state index in [4.69, 9.17) is 9.26 Å². The van der Waals surface area contributed by atoms with E-state index in [-0.39, 0.29) is 5.91 Å². The van der Waals surface area contributed by atoms with Gasteiger partial charge in [0.1, 0.15) is 18.1 Å². The SMILES string of the molecule is Cc1noc(C)c1COc1ccc(CC(=O)N(C)C2C3CC4CC(C3)CC2C4)cc1. The smallest absolute Gasteiger partial charge is 0.226 e. The zero-order valence-electron chi connectivity index (χ0n) is 18.3. The first kappa shape index (κ1) is 19.7. The molecular weight excluding hydrogens is 376 g/mol. The molecule has 0 saturated heterocycles. The minimum atomic E-state index is 0.247. The summed E-state index contributed by atoms with van der Waals surface area (Å²) in [6.07, 6.45) is 7.27. The normalized spacial score (nSPS) is 29.2. The number of amides is 1. The van der Waals surface area contributed by atoms with E-state index in [0.29, 0.717) is 19.1 Å². The van der Waals surface area contributed by atoms with Gasteiger partial charge in [-0.25, -0.2) is 0 Å². The van der Waals surface area contributed by atoms with Crippen LogP contribution in [0.25, 0.3) is 0 Å². The standard InChI is InChI=1S/C25H32N2O3/c1-15-23(16(2)30-26-15)14-29-22-6-4-17(5-7-22)13-24(28)27(3)25-20-9-18-8-19(11-20)12-21(25)10-18/h4-7,18-21,25H,8-14H2,1-3H3. The molecule has 1 amide bonds. The van der Waals surface area contributed by atoms with Crippen molar-refractivity contribution in [3.8, 4) is 5.75 Å². The molecule has 1 aromatic carbocycles. The van der Waals surface area contributed by atoms with E-state index in [1.165, 1.54) is 32.1 Å². The molecular formula is C25H32N2O3. The second kappa shape index (κ2) is 7.75. The Bertz CT molecular complexity index is 869. The molecule has 1 aromatic heterocycles. The molecule has 0 spiro atoms. The van der Waals surface area contributed by atoms with Crippen LogP contribution in [0, 0.1) is 37.5 Å². The Balaban J connectivity index is 1.18. The fourth-order valence-corrected chi connectivity index (χ4v) is 6.56. The quantitative estimate of drug-likeness (QED) is 0.695. The first-order valence-corrected chi connectivity index (χ1v) is 11.4. The van der Waals surface area contributed by atoms with Crippen LogP contribution in [0.3, 0.4) is 0 Å². The van der Waals surface area contributed by atoms with Crippen molar-refractivity contribution >= 4 is 5.91 Å². The van der Waals surface area contributed by atoms with E-state index in [2.05, 4.69) is 10.1 Å². The minimum Gasteiger partial charge on any atom is -0.489 e. The lowest BCUT2D eigenvalue weighted by molar-refractivity contribution is -0.140. The van der Waals surface area contributed by atoms with Crippen LogP contribution in [0.2, 0.25) is 0 Å². The highest BCUT2D eigenvalue weighted by Gasteiger charge is 2.50. The number of aryl methyl sites for hydroxylation is 2. The first-order chi connectivity index (χ1) is 14.5. The summed E-state index contributed by atoms with van der Waals surface area (Å²) in [5.74, 6) is 5.17. The molecule has 4 saturated carbocycles. The Morgan fingerprint density at radius 1 is 1.07 bits per heavy atom. The third-order valence-corrected chi connectivity index (χ3v) is 7.86. The zero-order chi connectivity index (χ0) is 20.8. The summed E-state index contributed by atoms with van der Waals surface area (Å²) in [5, 5.41) is 3.96. The summed E-state index contributed by atoms with van der Waals surface area (Å²) in [5.41, 5.74) is 2.90. The molecule has 4 fully saturated rings. The van der Waals surface area contributed by atoms with E-state index in [1.54, 1.807) is 0 Å². The molecule has 4 bridgehead atoms. The van der Waals surface area contributed by atoms with Gasteiger partial charge in [0, 0.05) is 13.1 Å². The van der Waals surface area contributed by atoms with Crippen LogP contribution >= 0.6 is 0 Å². The van der Waals surface area contributed by atoms with Gasteiger partial charge >= 0.3 is 0 Å². The van der Waals surface area contributed by atoms with Crippen LogP contribution in [0.15, 0.2) is 28.8 Å². The maximum atomic E-state index is 13.1. The van der Waals surface area contributed by atoms with Gasteiger partial charge in [0.25, 0.3) is 0 Å². The third kappa shape index (κ3) is 3.63. The predicted molar refractivity (Wildman–Crippen MR) is 114 cm³/mol. The van der Waals surface area contributed by atoms with Gasteiger partial charge in [-0.1, -0.05) is 17.3 Å². The second-order valence-electron chi connectivity index (χ2n) is 9.84. The predicted octanol–water partition coefficient (Wildman–Crippen LogP) is 4.70. The highest BCUT2D eigenvalue weighted by atomic mass is 16.5. The summed E-state index contributed by atoms with van der Waals surface area (Å²) in [6, 6.07) is 8.37. The molecule has 5 heteroatoms. The second-order valence-corrected chi connectivity index (χ2v) is 9.84. The number of nitrogens with zero attached hydrogens (tertiary/aromatic N) is 2. The molecule has 0 radical (unpaired) electrons. The monoisotopic (exact) mass is 408 g/mol. The van der Waals surface area contributed by atoms with E-state index in [1.807, 2.05) is 45.2 Å². The van der Waals surface area contributed by atoms with Crippen LogP contribution in [0.4, 0.5) is 0 Å². The number of likely N-dealkylation sites (N-methyl/N-ethyl adjacent to an activating group) is 1. The maximum Gasteiger partial charge on any atom is 0.226 e. The van der Waals surface area contributed by atoms with Crippen molar-refractivity contribution in [2.75, 3.05) is 7.05 Å². The fourth-order valence-electron chi connectivity index (χ4n) is 6.56. The average molecular weight is 409 g/mol. The molecule has 160 valence electrons. The summed E-state index contributed by atoms with van der Waals surface area (Å²) < 4.78 is 11.1. The van der Waals surface area contributed by atoms with Crippen molar-refractivity contribution in [1.82, 2.24) is 10.1 Å². The molecule has 30 heavy (non-hydrogen) atoms. The Morgan fingerprint density at radius 3 is 2.27 bits per heavy atom. The van der Waals surface area contributed by atoms with Crippen LogP contribution in [0.1, 0.15) is 54.7 Å². The van der Waals surface area contributed by atoms with Gasteiger partial charge in [0.05, 0.1) is 17.7 Å². The van der Waals surface area contributed by atoms with Gasteiger partial charge in [-0.15, -0.1) is 0 Å². The van der Waals surface area contributed by atoms with Gasteiger partial charge in [0.15, 0.2) is 0 Å². The van der Waals surface area contributed by atoms with E-state index in [0.717, 1.165) is 52.0 Å². The fraction of sp³-hybridized carbons (Fsp3) is 0.600. The van der Waals surface area contributed by atoms with Crippen LogP contribution in [0.5, 0.6) is 5.75 Å². The summed E-state index contributed by atoms with van der Waals surface area (Å²) in [6.45, 7) is 4.26. The largest absolute Gasteiger partial charge is 0.489 e. The van der Waals surface area contributed by atoms with Crippen molar-refractivity contribution in [3.05, 3.63) is 46.8 Å². The van der Waals surface area contributed by atoms with Gasteiger partial charge < -0.3 is 14.2 Å². The lowest BCUT2D eigenvalue weighted by Crippen LogP contribution is -2.56. The number of hydrogen-bond donors (Lipinski definition) is 0. The van der Waals surface area contributed by atoms with Crippen molar-refractivity contribution in [3.63, 3.8) is 0 Å². The van der Waals surface area contributed by atoms with E-state index >= 15 is 0 Å². The molecule has 4 aliphatic rings. The summed E-state index contributed by atoms with van der Waals surface area (Å²) in [4.78, 5) is 15.1. The Morgan fingerprint density at radius 2 is 1.70 bits per heavy atom. The third-order valence-electron chi connectivity index (χ3n) is 7.86. The number of benzene rings is 1. The summed E-state index contributed by atoms with van der Waals surface area (Å²) >= 11 is 0. The van der Waals surface area contributed by atoms with Crippen molar-refractivity contribution in [2.24, 2.45) is 23.7 Å². The molecule has 1 heterocycles.